The minimum atomic E-state index is -0.669. The van der Waals surface area contributed by atoms with Crippen molar-refractivity contribution >= 4 is 0 Å². The molecule has 0 unspecified atom stereocenters. The lowest BCUT2D eigenvalue weighted by Gasteiger charge is -2.48. The van der Waals surface area contributed by atoms with E-state index in [9.17, 15) is 0 Å². The molecule has 0 aromatic heterocycles. The van der Waals surface area contributed by atoms with Crippen LogP contribution in [-0.4, -0.2) is 43.4 Å². The van der Waals surface area contributed by atoms with Crippen LogP contribution in [0.25, 0.3) is 0 Å². The number of ether oxygens (including phenoxy) is 6. The highest BCUT2D eigenvalue weighted by Gasteiger charge is 2.50. The largest absolute Gasteiger partial charge is 0.374 e. The van der Waals surface area contributed by atoms with Gasteiger partial charge >= 0.3 is 0 Å². The molecule has 6 nitrogen and oxygen atoms in total. The van der Waals surface area contributed by atoms with Gasteiger partial charge in [-0.1, -0.05) is 149 Å². The van der Waals surface area contributed by atoms with Gasteiger partial charge < -0.3 is 28.4 Å². The van der Waals surface area contributed by atoms with Crippen molar-refractivity contribution in [1.82, 2.24) is 0 Å². The summed E-state index contributed by atoms with van der Waals surface area (Å²) in [4.78, 5) is 0. The Morgan fingerprint density at radius 1 is 0.580 bits per heavy atom. The van der Waals surface area contributed by atoms with E-state index in [0.29, 0.717) is 50.8 Å². The lowest BCUT2D eigenvalue weighted by molar-refractivity contribution is -0.341. The van der Waals surface area contributed by atoms with E-state index in [1.165, 1.54) is 6.42 Å². The predicted molar refractivity (Wildman–Crippen MR) is 196 cm³/mol. The number of rotatable bonds is 16. The van der Waals surface area contributed by atoms with Gasteiger partial charge in [0.05, 0.1) is 39.1 Å². The van der Waals surface area contributed by atoms with E-state index in [-0.39, 0.29) is 6.10 Å². The standard InChI is InChI=1S/C44H54O6/c1-32(2)38-25-24-33(3)26-39(38)49-44-43(48-30-37-22-14-7-15-23-37)42(47-29-36-20-12-6-13-21-36)41(46-28-35-18-10-5-11-19-35)40(50-44)31-45-27-34-16-8-4-9-17-34/h4-23,32-33,38-44H,24-31H2,1-3H3/t33-,38+,39-,40+,41+,42-,43+,44+/m0/s1. The van der Waals surface area contributed by atoms with Gasteiger partial charge in [-0.2, -0.15) is 0 Å². The lowest BCUT2D eigenvalue weighted by Crippen LogP contribution is -2.62. The van der Waals surface area contributed by atoms with E-state index in [0.717, 1.165) is 35.1 Å². The zero-order chi connectivity index (χ0) is 34.5. The van der Waals surface area contributed by atoms with Gasteiger partial charge in [0.25, 0.3) is 0 Å². The summed E-state index contributed by atoms with van der Waals surface area (Å²) >= 11 is 0. The molecule has 6 rings (SSSR count). The van der Waals surface area contributed by atoms with Gasteiger partial charge in [0, 0.05) is 0 Å². The molecular weight excluding hydrogens is 624 g/mol. The van der Waals surface area contributed by atoms with Crippen LogP contribution in [0.1, 0.15) is 62.3 Å². The Bertz CT molecular complexity index is 1500. The maximum Gasteiger partial charge on any atom is 0.187 e. The summed E-state index contributed by atoms with van der Waals surface area (Å²) in [6.07, 6.45) is 0.756. The summed E-state index contributed by atoms with van der Waals surface area (Å²) in [5, 5.41) is 0. The Kier molecular flexibility index (Phi) is 13.7. The van der Waals surface area contributed by atoms with Crippen LogP contribution in [0.2, 0.25) is 0 Å². The molecule has 8 atom stereocenters. The quantitative estimate of drug-likeness (QED) is 0.118. The molecule has 1 heterocycles. The van der Waals surface area contributed by atoms with Crippen LogP contribution in [0, 0.1) is 17.8 Å². The molecule has 0 spiro atoms. The minimum Gasteiger partial charge on any atom is -0.374 e. The molecule has 1 aliphatic carbocycles. The Morgan fingerprint density at radius 3 is 1.54 bits per heavy atom. The second-order valence-electron chi connectivity index (χ2n) is 14.3. The summed E-state index contributed by atoms with van der Waals surface area (Å²) in [7, 11) is 0. The normalized spacial score (nSPS) is 27.0. The van der Waals surface area contributed by atoms with Crippen LogP contribution < -0.4 is 0 Å². The molecule has 2 aliphatic rings. The van der Waals surface area contributed by atoms with Crippen molar-refractivity contribution in [2.45, 2.75) is 103 Å². The maximum absolute atomic E-state index is 7.13. The summed E-state index contributed by atoms with van der Waals surface area (Å²) < 4.78 is 41.1. The van der Waals surface area contributed by atoms with Gasteiger partial charge in [0.1, 0.15) is 24.4 Å². The fraction of sp³-hybridized carbons (Fsp3) is 0.455. The minimum absolute atomic E-state index is 0.0500. The summed E-state index contributed by atoms with van der Waals surface area (Å²) in [5.41, 5.74) is 4.34. The van der Waals surface area contributed by atoms with Gasteiger partial charge in [0.2, 0.25) is 0 Å². The molecule has 2 fully saturated rings. The van der Waals surface area contributed by atoms with Crippen LogP contribution in [-0.2, 0) is 54.8 Å². The van der Waals surface area contributed by atoms with Crippen molar-refractivity contribution in [2.24, 2.45) is 17.8 Å². The summed E-state index contributed by atoms with van der Waals surface area (Å²) in [6, 6.07) is 41.0. The monoisotopic (exact) mass is 678 g/mol. The molecule has 6 heteroatoms. The molecule has 1 saturated heterocycles. The molecular formula is C44H54O6. The predicted octanol–water partition coefficient (Wildman–Crippen LogP) is 9.16. The highest BCUT2D eigenvalue weighted by molar-refractivity contribution is 5.16. The Morgan fingerprint density at radius 2 is 1.04 bits per heavy atom. The van der Waals surface area contributed by atoms with Gasteiger partial charge in [-0.15, -0.1) is 0 Å². The van der Waals surface area contributed by atoms with E-state index >= 15 is 0 Å². The SMILES string of the molecule is CC(C)[C@H]1CC[C@H](C)C[C@@H]1O[C@@H]1O[C@H](COCc2ccccc2)[C@@H](OCc2ccccc2)[C@H](OCc2ccccc2)[C@H]1OCc1ccccc1. The van der Waals surface area contributed by atoms with E-state index in [4.69, 9.17) is 28.4 Å². The van der Waals surface area contributed by atoms with Crippen LogP contribution >= 0.6 is 0 Å². The molecule has 0 radical (unpaired) electrons. The first-order chi connectivity index (χ1) is 24.5. The molecule has 0 amide bonds. The maximum atomic E-state index is 7.13. The van der Waals surface area contributed by atoms with E-state index in [1.807, 2.05) is 72.8 Å². The zero-order valence-electron chi connectivity index (χ0n) is 29.8. The molecule has 1 aliphatic heterocycles. The van der Waals surface area contributed by atoms with Crippen molar-refractivity contribution in [3.05, 3.63) is 144 Å². The van der Waals surface area contributed by atoms with Crippen molar-refractivity contribution in [3.63, 3.8) is 0 Å². The second kappa shape index (κ2) is 18.8. The first kappa shape index (κ1) is 36.4. The van der Waals surface area contributed by atoms with Crippen LogP contribution in [0.5, 0.6) is 0 Å². The van der Waals surface area contributed by atoms with Gasteiger partial charge in [-0.05, 0) is 52.8 Å². The van der Waals surface area contributed by atoms with Gasteiger partial charge in [-0.3, -0.25) is 0 Å². The number of benzene rings is 4. The zero-order valence-corrected chi connectivity index (χ0v) is 29.8. The number of hydrogen-bond donors (Lipinski definition) is 0. The van der Waals surface area contributed by atoms with Crippen molar-refractivity contribution in [1.29, 1.82) is 0 Å². The molecule has 0 N–H and O–H groups in total. The van der Waals surface area contributed by atoms with Crippen LogP contribution in [0.4, 0.5) is 0 Å². The molecule has 4 aromatic carbocycles. The Labute approximate surface area is 299 Å². The summed E-state index contributed by atoms with van der Waals surface area (Å²) in [6.45, 7) is 8.94. The van der Waals surface area contributed by atoms with Crippen molar-refractivity contribution < 1.29 is 28.4 Å². The van der Waals surface area contributed by atoms with E-state index in [1.54, 1.807) is 0 Å². The highest BCUT2D eigenvalue weighted by Crippen LogP contribution is 2.39. The first-order valence-corrected chi connectivity index (χ1v) is 18.4. The molecule has 1 saturated carbocycles. The lowest BCUT2D eigenvalue weighted by atomic mass is 9.75. The smallest absolute Gasteiger partial charge is 0.187 e. The average molecular weight is 679 g/mol. The van der Waals surface area contributed by atoms with Gasteiger partial charge in [-0.25, -0.2) is 0 Å². The van der Waals surface area contributed by atoms with E-state index < -0.39 is 30.7 Å². The summed E-state index contributed by atoms with van der Waals surface area (Å²) in [5.74, 6) is 1.52. The van der Waals surface area contributed by atoms with Crippen LogP contribution in [0.3, 0.4) is 0 Å². The first-order valence-electron chi connectivity index (χ1n) is 18.4. The Balaban J connectivity index is 1.33. The van der Waals surface area contributed by atoms with Crippen LogP contribution in [0.15, 0.2) is 121 Å². The van der Waals surface area contributed by atoms with Crippen molar-refractivity contribution in [3.8, 4) is 0 Å². The second-order valence-corrected chi connectivity index (χ2v) is 14.3. The van der Waals surface area contributed by atoms with Gasteiger partial charge in [0.15, 0.2) is 6.29 Å². The Hall–Kier alpha value is -3.36. The van der Waals surface area contributed by atoms with E-state index in [2.05, 4.69) is 69.3 Å². The third-order valence-electron chi connectivity index (χ3n) is 10.1. The molecule has 50 heavy (non-hydrogen) atoms. The molecule has 4 aromatic rings. The molecule has 0 bridgehead atoms. The fourth-order valence-corrected chi connectivity index (χ4v) is 7.30. The number of hydrogen-bond acceptors (Lipinski definition) is 6. The third kappa shape index (κ3) is 10.3. The third-order valence-corrected chi connectivity index (χ3v) is 10.1. The fourth-order valence-electron chi connectivity index (χ4n) is 7.30. The highest BCUT2D eigenvalue weighted by atomic mass is 16.7. The topological polar surface area (TPSA) is 55.4 Å². The molecule has 266 valence electrons. The average Bonchev–Trinajstić information content (AvgIpc) is 3.14. The van der Waals surface area contributed by atoms with Crippen molar-refractivity contribution in [2.75, 3.05) is 6.61 Å².